The molecule has 0 aliphatic carbocycles. The van der Waals surface area contributed by atoms with Gasteiger partial charge in [-0.1, -0.05) is 46.8 Å². The molecule has 1 unspecified atom stereocenters. The fraction of sp³-hybridized carbons (Fsp3) is 0.640. The van der Waals surface area contributed by atoms with Gasteiger partial charge in [-0.2, -0.15) is 0 Å². The molecule has 0 saturated heterocycles. The Hall–Kier alpha value is -1.79. The molecule has 1 N–H and O–H groups in total. The van der Waals surface area contributed by atoms with Gasteiger partial charge in [0, 0.05) is 6.54 Å². The van der Waals surface area contributed by atoms with Crippen molar-refractivity contribution >= 4 is 20.3 Å². The van der Waals surface area contributed by atoms with Crippen molar-refractivity contribution in [2.24, 2.45) is 11.8 Å². The van der Waals surface area contributed by atoms with E-state index in [9.17, 15) is 4.79 Å². The second-order valence-electron chi connectivity index (χ2n) is 10.4. The van der Waals surface area contributed by atoms with Gasteiger partial charge in [0.15, 0.2) is 19.8 Å². The van der Waals surface area contributed by atoms with Gasteiger partial charge in [0.25, 0.3) is 0 Å². The number of benzene rings is 1. The normalized spacial score (nSPS) is 20.3. The Morgan fingerprint density at radius 2 is 1.74 bits per heavy atom. The summed E-state index contributed by atoms with van der Waals surface area (Å²) in [6.07, 6.45) is 5.43. The van der Waals surface area contributed by atoms with Crippen LogP contribution in [-0.4, -0.2) is 41.1 Å². The van der Waals surface area contributed by atoms with Crippen LogP contribution in [-0.2, 0) is 15.6 Å². The van der Waals surface area contributed by atoms with Gasteiger partial charge in [-0.3, -0.25) is 4.79 Å². The summed E-state index contributed by atoms with van der Waals surface area (Å²) in [4.78, 5) is 13.2. The van der Waals surface area contributed by atoms with Crippen LogP contribution in [0.2, 0.25) is 18.1 Å². The molecule has 6 heteroatoms. The topological polar surface area (TPSA) is 56.8 Å². The van der Waals surface area contributed by atoms with E-state index in [1.54, 1.807) is 14.2 Å². The van der Waals surface area contributed by atoms with Gasteiger partial charge in [0.1, 0.15) is 0 Å². The van der Waals surface area contributed by atoms with Crippen molar-refractivity contribution < 1.29 is 18.7 Å². The standard InChI is InChI=1S/C25H41NO4Si/c1-17(2)14-20-21(30-31(8,9)25(3,4)5)11-10-18-15-22(28-6)23(29-7)16-19(18)12-13-26-24(20)27/h10-11,15-17,20-21H,12-14H2,1-9H3,(H,26,27)/t20-,21?/m0/s1. The van der Waals surface area contributed by atoms with Gasteiger partial charge in [-0.05, 0) is 60.2 Å². The molecule has 0 aromatic heterocycles. The highest BCUT2D eigenvalue weighted by molar-refractivity contribution is 6.74. The molecule has 0 saturated carbocycles. The molecule has 31 heavy (non-hydrogen) atoms. The number of carbonyl (C=O) groups is 1. The lowest BCUT2D eigenvalue weighted by molar-refractivity contribution is -0.127. The fourth-order valence-corrected chi connectivity index (χ4v) is 4.91. The molecule has 1 heterocycles. The first-order valence-corrected chi connectivity index (χ1v) is 14.2. The van der Waals surface area contributed by atoms with Gasteiger partial charge in [-0.25, -0.2) is 0 Å². The second kappa shape index (κ2) is 10.2. The van der Waals surface area contributed by atoms with E-state index < -0.39 is 8.32 Å². The third kappa shape index (κ3) is 6.36. The van der Waals surface area contributed by atoms with Crippen molar-refractivity contribution in [1.29, 1.82) is 0 Å². The van der Waals surface area contributed by atoms with E-state index in [1.165, 1.54) is 0 Å². The van der Waals surface area contributed by atoms with Crippen LogP contribution in [0.15, 0.2) is 18.2 Å². The fourth-order valence-electron chi connectivity index (χ4n) is 3.63. The van der Waals surface area contributed by atoms with Crippen LogP contribution in [0.1, 0.15) is 52.2 Å². The summed E-state index contributed by atoms with van der Waals surface area (Å²) in [7, 11) is 1.21. The largest absolute Gasteiger partial charge is 0.493 e. The van der Waals surface area contributed by atoms with E-state index in [4.69, 9.17) is 13.9 Å². The Bertz CT molecular complexity index is 795. The van der Waals surface area contributed by atoms with Crippen LogP contribution in [0, 0.1) is 11.8 Å². The number of ether oxygens (including phenoxy) is 2. The lowest BCUT2D eigenvalue weighted by atomic mass is 9.89. The molecule has 0 fully saturated rings. The van der Waals surface area contributed by atoms with Crippen molar-refractivity contribution in [1.82, 2.24) is 5.32 Å². The first-order chi connectivity index (χ1) is 14.4. The Labute approximate surface area is 189 Å². The van der Waals surface area contributed by atoms with Crippen LogP contribution in [0.25, 0.3) is 6.08 Å². The maximum absolute atomic E-state index is 13.2. The van der Waals surface area contributed by atoms with E-state index >= 15 is 0 Å². The van der Waals surface area contributed by atoms with Gasteiger partial charge < -0.3 is 19.2 Å². The molecule has 1 aliphatic rings. The Morgan fingerprint density at radius 1 is 1.13 bits per heavy atom. The summed E-state index contributed by atoms with van der Waals surface area (Å²) >= 11 is 0. The quantitative estimate of drug-likeness (QED) is 0.590. The minimum absolute atomic E-state index is 0.0590. The zero-order chi connectivity index (χ0) is 23.4. The molecular weight excluding hydrogens is 406 g/mol. The van der Waals surface area contributed by atoms with Gasteiger partial charge >= 0.3 is 0 Å². The first kappa shape index (κ1) is 25.5. The van der Waals surface area contributed by atoms with Crippen LogP contribution in [0.3, 0.4) is 0 Å². The Balaban J connectivity index is 2.55. The van der Waals surface area contributed by atoms with Crippen LogP contribution in [0.4, 0.5) is 0 Å². The number of hydrogen-bond donors (Lipinski definition) is 1. The van der Waals surface area contributed by atoms with E-state index in [2.05, 4.69) is 65.2 Å². The molecule has 0 radical (unpaired) electrons. The molecule has 174 valence electrons. The molecule has 2 atom stereocenters. The molecule has 1 aromatic carbocycles. The lowest BCUT2D eigenvalue weighted by Gasteiger charge is -2.40. The summed E-state index contributed by atoms with van der Waals surface area (Å²) in [6, 6.07) is 4.01. The molecule has 0 spiro atoms. The predicted octanol–water partition coefficient (Wildman–Crippen LogP) is 5.44. The molecule has 1 amide bonds. The van der Waals surface area contributed by atoms with E-state index in [0.717, 1.165) is 24.0 Å². The maximum atomic E-state index is 13.2. The highest BCUT2D eigenvalue weighted by Gasteiger charge is 2.41. The highest BCUT2D eigenvalue weighted by atomic mass is 28.4. The SMILES string of the molecule is COc1cc2c(cc1OC)CCNC(=O)[C@@H](CC(C)C)C(O[Si](C)(C)C(C)(C)C)C=C2. The smallest absolute Gasteiger partial charge is 0.226 e. The Kier molecular flexibility index (Phi) is 8.39. The zero-order valence-electron chi connectivity index (χ0n) is 20.8. The molecular formula is C25H41NO4Si. The highest BCUT2D eigenvalue weighted by Crippen LogP contribution is 2.39. The summed E-state index contributed by atoms with van der Waals surface area (Å²) in [5.41, 5.74) is 2.18. The predicted molar refractivity (Wildman–Crippen MR) is 130 cm³/mol. The molecule has 5 nitrogen and oxygen atoms in total. The van der Waals surface area contributed by atoms with Crippen molar-refractivity contribution in [2.75, 3.05) is 20.8 Å². The van der Waals surface area contributed by atoms with E-state index in [-0.39, 0.29) is 23.0 Å². The maximum Gasteiger partial charge on any atom is 0.226 e. The van der Waals surface area contributed by atoms with E-state index in [1.807, 2.05) is 12.1 Å². The molecule has 0 bridgehead atoms. The number of fused-ring (bicyclic) bond motifs is 1. The summed E-state index contributed by atoms with van der Waals surface area (Å²) in [6.45, 7) is 16.1. The first-order valence-electron chi connectivity index (χ1n) is 11.3. The monoisotopic (exact) mass is 447 g/mol. The van der Waals surface area contributed by atoms with Crippen LogP contribution in [0.5, 0.6) is 11.5 Å². The van der Waals surface area contributed by atoms with Gasteiger partial charge in [0.2, 0.25) is 5.91 Å². The molecule has 2 rings (SSSR count). The third-order valence-corrected chi connectivity index (χ3v) is 11.0. The average molecular weight is 448 g/mol. The third-order valence-electron chi connectivity index (χ3n) is 6.50. The van der Waals surface area contributed by atoms with Crippen LogP contribution < -0.4 is 14.8 Å². The second-order valence-corrected chi connectivity index (χ2v) is 15.1. The van der Waals surface area contributed by atoms with Crippen molar-refractivity contribution in [2.45, 2.75) is 71.7 Å². The summed E-state index contributed by atoms with van der Waals surface area (Å²) in [5, 5.41) is 3.22. The average Bonchev–Trinajstić information content (AvgIpc) is 2.67. The van der Waals surface area contributed by atoms with Crippen molar-refractivity contribution in [3.05, 3.63) is 29.3 Å². The number of amides is 1. The summed E-state index contributed by atoms with van der Waals surface area (Å²) < 4.78 is 17.8. The van der Waals surface area contributed by atoms with E-state index in [0.29, 0.717) is 24.0 Å². The Morgan fingerprint density at radius 3 is 2.29 bits per heavy atom. The number of rotatable bonds is 6. The number of hydrogen-bond acceptors (Lipinski definition) is 4. The van der Waals surface area contributed by atoms with Gasteiger partial charge in [-0.15, -0.1) is 0 Å². The summed E-state index contributed by atoms with van der Waals surface area (Å²) in [5.74, 6) is 1.66. The van der Waals surface area contributed by atoms with Crippen LogP contribution >= 0.6 is 0 Å². The molecule has 1 aromatic rings. The van der Waals surface area contributed by atoms with Crippen molar-refractivity contribution in [3.8, 4) is 11.5 Å². The molecule has 1 aliphatic heterocycles. The minimum Gasteiger partial charge on any atom is -0.493 e. The zero-order valence-corrected chi connectivity index (χ0v) is 21.8. The lowest BCUT2D eigenvalue weighted by Crippen LogP contribution is -2.48. The number of carbonyl (C=O) groups excluding carboxylic acids is 1. The van der Waals surface area contributed by atoms with Gasteiger partial charge in [0.05, 0.1) is 26.2 Å². The number of methoxy groups -OCH3 is 2. The number of nitrogens with one attached hydrogen (secondary N) is 1. The van der Waals surface area contributed by atoms with Crippen molar-refractivity contribution in [3.63, 3.8) is 0 Å². The minimum atomic E-state index is -2.08.